The van der Waals surface area contributed by atoms with E-state index >= 15 is 0 Å². The number of hydrogen-bond donors (Lipinski definition) is 1. The molecule has 2 fully saturated rings. The number of hydrogen-bond acceptors (Lipinski definition) is 3. The van der Waals surface area contributed by atoms with E-state index in [1.807, 2.05) is 4.90 Å². The van der Waals surface area contributed by atoms with Gasteiger partial charge in [-0.2, -0.15) is 0 Å². The van der Waals surface area contributed by atoms with E-state index in [2.05, 4.69) is 11.8 Å². The van der Waals surface area contributed by atoms with Crippen molar-refractivity contribution >= 4 is 5.91 Å². The normalized spacial score (nSPS) is 22.7. The van der Waals surface area contributed by atoms with Gasteiger partial charge in [0.15, 0.2) is 0 Å². The van der Waals surface area contributed by atoms with Crippen molar-refractivity contribution in [1.82, 2.24) is 9.80 Å². The predicted molar refractivity (Wildman–Crippen MR) is 87.1 cm³/mol. The van der Waals surface area contributed by atoms with Gasteiger partial charge in [-0.15, -0.1) is 0 Å². The van der Waals surface area contributed by atoms with E-state index in [-0.39, 0.29) is 11.9 Å². The van der Waals surface area contributed by atoms with Crippen molar-refractivity contribution in [3.63, 3.8) is 0 Å². The molecule has 0 bridgehead atoms. The third-order valence-corrected chi connectivity index (χ3v) is 5.13. The first kappa shape index (κ1) is 16.8. The van der Waals surface area contributed by atoms with Crippen molar-refractivity contribution in [3.05, 3.63) is 0 Å². The first-order valence-electron chi connectivity index (χ1n) is 8.97. The third-order valence-electron chi connectivity index (χ3n) is 5.13. The fraction of sp³-hybridized carbons (Fsp3) is 0.941. The van der Waals surface area contributed by atoms with Crippen LogP contribution < -0.4 is 5.73 Å². The van der Waals surface area contributed by atoms with Gasteiger partial charge < -0.3 is 15.5 Å². The molecule has 2 N–H and O–H groups in total. The van der Waals surface area contributed by atoms with Gasteiger partial charge >= 0.3 is 0 Å². The topological polar surface area (TPSA) is 49.6 Å². The van der Waals surface area contributed by atoms with Gasteiger partial charge in [0.1, 0.15) is 0 Å². The van der Waals surface area contributed by atoms with Crippen LogP contribution in [0.25, 0.3) is 0 Å². The Morgan fingerprint density at radius 2 is 1.86 bits per heavy atom. The smallest absolute Gasteiger partial charge is 0.239 e. The second-order valence-corrected chi connectivity index (χ2v) is 6.85. The highest BCUT2D eigenvalue weighted by Crippen LogP contribution is 2.23. The van der Waals surface area contributed by atoms with Crippen LogP contribution in [0.5, 0.6) is 0 Å². The maximum Gasteiger partial charge on any atom is 0.239 e. The molecule has 0 aliphatic carbocycles. The molecule has 1 amide bonds. The number of rotatable bonds is 7. The molecule has 1 unspecified atom stereocenters. The number of likely N-dealkylation sites (tertiary alicyclic amines) is 2. The summed E-state index contributed by atoms with van der Waals surface area (Å²) in [4.78, 5) is 16.8. The molecule has 4 nitrogen and oxygen atoms in total. The lowest BCUT2D eigenvalue weighted by molar-refractivity contribution is -0.134. The van der Waals surface area contributed by atoms with Crippen molar-refractivity contribution in [2.75, 3.05) is 32.7 Å². The molecule has 4 heteroatoms. The summed E-state index contributed by atoms with van der Waals surface area (Å²) in [5.41, 5.74) is 5.95. The molecule has 0 spiro atoms. The van der Waals surface area contributed by atoms with E-state index in [1.54, 1.807) is 0 Å². The number of amides is 1. The molecule has 2 saturated heterocycles. The number of piperidine rings is 1. The second kappa shape index (κ2) is 8.74. The zero-order valence-corrected chi connectivity index (χ0v) is 13.7. The average molecular weight is 295 g/mol. The van der Waals surface area contributed by atoms with Crippen LogP contribution in [0.3, 0.4) is 0 Å². The average Bonchev–Trinajstić information content (AvgIpc) is 3.01. The minimum atomic E-state index is -0.276. The molecule has 122 valence electrons. The van der Waals surface area contributed by atoms with Crippen LogP contribution in [0.15, 0.2) is 0 Å². The van der Waals surface area contributed by atoms with Crippen LogP contribution >= 0.6 is 0 Å². The highest BCUT2D eigenvalue weighted by molar-refractivity contribution is 5.81. The Hall–Kier alpha value is -0.610. The van der Waals surface area contributed by atoms with Crippen LogP contribution in [0.4, 0.5) is 0 Å². The van der Waals surface area contributed by atoms with Crippen molar-refractivity contribution in [2.45, 2.75) is 64.3 Å². The molecule has 2 aliphatic rings. The number of nitrogens with zero attached hydrogens (tertiary/aromatic N) is 2. The highest BCUT2D eigenvalue weighted by atomic mass is 16.2. The van der Waals surface area contributed by atoms with E-state index in [1.165, 1.54) is 58.2 Å². The van der Waals surface area contributed by atoms with Crippen LogP contribution in [-0.4, -0.2) is 54.5 Å². The number of carbonyl (C=O) groups is 1. The van der Waals surface area contributed by atoms with Gasteiger partial charge in [-0.1, -0.05) is 13.3 Å². The van der Waals surface area contributed by atoms with Crippen LogP contribution in [-0.2, 0) is 4.79 Å². The molecule has 0 aromatic carbocycles. The maximum absolute atomic E-state index is 12.2. The lowest BCUT2D eigenvalue weighted by Gasteiger charge is -2.33. The molecular weight excluding hydrogens is 262 g/mol. The zero-order chi connectivity index (χ0) is 15.1. The molecule has 0 saturated carbocycles. The zero-order valence-electron chi connectivity index (χ0n) is 13.7. The van der Waals surface area contributed by atoms with Crippen molar-refractivity contribution in [2.24, 2.45) is 11.7 Å². The van der Waals surface area contributed by atoms with Crippen molar-refractivity contribution in [1.29, 1.82) is 0 Å². The van der Waals surface area contributed by atoms with Crippen LogP contribution in [0, 0.1) is 5.92 Å². The fourth-order valence-electron chi connectivity index (χ4n) is 3.72. The summed E-state index contributed by atoms with van der Waals surface area (Å²) in [7, 11) is 0. The van der Waals surface area contributed by atoms with E-state index < -0.39 is 0 Å². The lowest BCUT2D eigenvalue weighted by atomic mass is 9.91. The molecule has 21 heavy (non-hydrogen) atoms. The molecule has 0 aromatic heterocycles. The Labute approximate surface area is 130 Å². The Bertz CT molecular complexity index is 307. The predicted octanol–water partition coefficient (Wildman–Crippen LogP) is 2.23. The molecule has 0 aromatic rings. The summed E-state index contributed by atoms with van der Waals surface area (Å²) in [5, 5.41) is 0. The summed E-state index contributed by atoms with van der Waals surface area (Å²) in [6, 6.07) is -0.276. The van der Waals surface area contributed by atoms with Crippen LogP contribution in [0.2, 0.25) is 0 Å². The van der Waals surface area contributed by atoms with Crippen molar-refractivity contribution < 1.29 is 4.79 Å². The molecule has 2 heterocycles. The lowest BCUT2D eigenvalue weighted by Crippen LogP contribution is -2.47. The van der Waals surface area contributed by atoms with E-state index in [0.717, 1.165) is 31.8 Å². The second-order valence-electron chi connectivity index (χ2n) is 6.85. The van der Waals surface area contributed by atoms with Gasteiger partial charge in [0, 0.05) is 13.1 Å². The minimum Gasteiger partial charge on any atom is -0.341 e. The summed E-state index contributed by atoms with van der Waals surface area (Å²) in [5.74, 6) is 0.992. The van der Waals surface area contributed by atoms with Gasteiger partial charge in [-0.3, -0.25) is 4.79 Å². The van der Waals surface area contributed by atoms with E-state index in [0.29, 0.717) is 0 Å². The Kier molecular flexibility index (Phi) is 6.97. The number of nitrogens with two attached hydrogens (primary N) is 1. The Morgan fingerprint density at radius 1 is 1.19 bits per heavy atom. The number of carbonyl (C=O) groups excluding carboxylic acids is 1. The summed E-state index contributed by atoms with van der Waals surface area (Å²) in [6.45, 7) is 7.82. The van der Waals surface area contributed by atoms with Gasteiger partial charge in [-0.25, -0.2) is 0 Å². The Balaban J connectivity index is 1.60. The van der Waals surface area contributed by atoms with Gasteiger partial charge in [0.25, 0.3) is 0 Å². The van der Waals surface area contributed by atoms with Gasteiger partial charge in [0.05, 0.1) is 6.04 Å². The maximum atomic E-state index is 12.2. The molecule has 1 atom stereocenters. The van der Waals surface area contributed by atoms with E-state index in [4.69, 9.17) is 5.73 Å². The van der Waals surface area contributed by atoms with Crippen molar-refractivity contribution in [3.8, 4) is 0 Å². The first-order chi connectivity index (χ1) is 10.2. The summed E-state index contributed by atoms with van der Waals surface area (Å²) in [6.07, 6.45) is 9.58. The third kappa shape index (κ3) is 5.26. The summed E-state index contributed by atoms with van der Waals surface area (Å²) >= 11 is 0. The molecule has 2 rings (SSSR count). The first-order valence-corrected chi connectivity index (χ1v) is 8.97. The quantitative estimate of drug-likeness (QED) is 0.783. The molecule has 2 aliphatic heterocycles. The minimum absolute atomic E-state index is 0.173. The molecule has 0 radical (unpaired) electrons. The fourth-order valence-corrected chi connectivity index (χ4v) is 3.72. The van der Waals surface area contributed by atoms with Gasteiger partial charge in [0.2, 0.25) is 5.91 Å². The van der Waals surface area contributed by atoms with E-state index in [9.17, 15) is 4.79 Å². The molecular formula is C17H33N3O. The Morgan fingerprint density at radius 3 is 2.48 bits per heavy atom. The van der Waals surface area contributed by atoms with Gasteiger partial charge in [-0.05, 0) is 70.5 Å². The summed E-state index contributed by atoms with van der Waals surface area (Å²) < 4.78 is 0. The largest absolute Gasteiger partial charge is 0.341 e. The SMILES string of the molecule is CCCC(N)C(=O)N1CCC(CCCN2CCCC2)CC1. The standard InChI is InChI=1S/C17H33N3O/c1-2-6-16(18)17(21)20-13-8-15(9-14-20)7-5-12-19-10-3-4-11-19/h15-16H,2-14,18H2,1H3. The highest BCUT2D eigenvalue weighted by Gasteiger charge is 2.25. The van der Waals surface area contributed by atoms with Crippen LogP contribution in [0.1, 0.15) is 58.3 Å². The monoisotopic (exact) mass is 295 g/mol.